The van der Waals surface area contributed by atoms with E-state index in [1.54, 1.807) is 12.1 Å². The Labute approximate surface area is 178 Å². The number of hydrogen-bond donors (Lipinski definition) is 8. The third-order valence-corrected chi connectivity index (χ3v) is 4.40. The molecular formula is C18H26N4O7S. The second-order valence-corrected chi connectivity index (χ2v) is 6.93. The van der Waals surface area contributed by atoms with Gasteiger partial charge in [-0.3, -0.25) is 14.4 Å². The van der Waals surface area contributed by atoms with Gasteiger partial charge in [0.2, 0.25) is 17.7 Å². The van der Waals surface area contributed by atoms with Crippen LogP contribution in [-0.2, 0) is 25.6 Å². The Bertz CT molecular complexity index is 757. The lowest BCUT2D eigenvalue weighted by Crippen LogP contribution is -2.55. The molecule has 1 aromatic rings. The fourth-order valence-corrected chi connectivity index (χ4v) is 2.61. The first kappa shape index (κ1) is 25.2. The van der Waals surface area contributed by atoms with Crippen molar-refractivity contribution in [3.05, 3.63) is 29.8 Å². The summed E-state index contributed by atoms with van der Waals surface area (Å²) in [5.74, 6) is -3.57. The third-order valence-electron chi connectivity index (χ3n) is 4.03. The van der Waals surface area contributed by atoms with Crippen LogP contribution >= 0.6 is 12.6 Å². The molecule has 0 saturated heterocycles. The predicted molar refractivity (Wildman–Crippen MR) is 110 cm³/mol. The molecule has 0 saturated carbocycles. The zero-order valence-electron chi connectivity index (χ0n) is 16.2. The minimum Gasteiger partial charge on any atom is -0.508 e. The minimum absolute atomic E-state index is 0.0729. The highest BCUT2D eigenvalue weighted by Crippen LogP contribution is 2.11. The second-order valence-electron chi connectivity index (χ2n) is 6.56. The van der Waals surface area contributed by atoms with Crippen LogP contribution in [0.5, 0.6) is 5.75 Å². The number of carboxylic acid groups (broad SMARTS) is 1. The molecule has 0 radical (unpaired) electrons. The maximum absolute atomic E-state index is 12.2. The van der Waals surface area contributed by atoms with Crippen LogP contribution in [0, 0.1) is 0 Å². The number of nitrogens with two attached hydrogens (primary N) is 1. The van der Waals surface area contributed by atoms with Crippen molar-refractivity contribution in [1.82, 2.24) is 16.0 Å². The largest absolute Gasteiger partial charge is 0.508 e. The molecule has 0 fully saturated rings. The number of rotatable bonds is 11. The summed E-state index contributed by atoms with van der Waals surface area (Å²) in [6.45, 7) is 0.639. The lowest BCUT2D eigenvalue weighted by molar-refractivity contribution is -0.144. The van der Waals surface area contributed by atoms with Gasteiger partial charge in [-0.2, -0.15) is 12.6 Å². The molecule has 0 bridgehead atoms. The summed E-state index contributed by atoms with van der Waals surface area (Å²) in [5, 5.41) is 34.3. The van der Waals surface area contributed by atoms with Crippen LogP contribution in [0.25, 0.3) is 0 Å². The molecule has 0 aliphatic carbocycles. The number of hydrogen-bond acceptors (Lipinski definition) is 8. The van der Waals surface area contributed by atoms with Gasteiger partial charge >= 0.3 is 5.97 Å². The van der Waals surface area contributed by atoms with Crippen molar-refractivity contribution >= 4 is 36.3 Å². The van der Waals surface area contributed by atoms with Crippen LogP contribution in [0.15, 0.2) is 24.3 Å². The van der Waals surface area contributed by atoms with E-state index >= 15 is 0 Å². The molecule has 0 aliphatic heterocycles. The van der Waals surface area contributed by atoms with Crippen molar-refractivity contribution in [3.8, 4) is 5.75 Å². The number of phenols is 1. The van der Waals surface area contributed by atoms with Gasteiger partial charge in [-0.15, -0.1) is 0 Å². The third kappa shape index (κ3) is 8.27. The second kappa shape index (κ2) is 12.0. The molecule has 1 rings (SSSR count). The van der Waals surface area contributed by atoms with E-state index in [9.17, 15) is 29.4 Å². The number of aliphatic hydroxyl groups excluding tert-OH is 1. The quantitative estimate of drug-likeness (QED) is 0.176. The number of benzene rings is 1. The minimum atomic E-state index is -1.52. The predicted octanol–water partition coefficient (Wildman–Crippen LogP) is -2.26. The Morgan fingerprint density at radius 3 is 2.20 bits per heavy atom. The molecule has 0 heterocycles. The zero-order valence-corrected chi connectivity index (χ0v) is 17.1. The first-order valence-electron chi connectivity index (χ1n) is 8.97. The molecule has 8 N–H and O–H groups in total. The first-order chi connectivity index (χ1) is 14.0. The summed E-state index contributed by atoms with van der Waals surface area (Å²) in [5.41, 5.74) is 6.56. The van der Waals surface area contributed by atoms with E-state index in [1.807, 2.05) is 0 Å². The summed E-state index contributed by atoms with van der Waals surface area (Å²) in [6, 6.07) is 2.58. The van der Waals surface area contributed by atoms with E-state index < -0.39 is 54.5 Å². The number of aliphatic carboxylic acids is 1. The number of phenolic OH excluding ortho intramolecular Hbond substituents is 1. The normalized spacial score (nSPS) is 14.7. The number of nitrogens with one attached hydrogen (secondary N) is 3. The Morgan fingerprint density at radius 1 is 1.10 bits per heavy atom. The van der Waals surface area contributed by atoms with Crippen LogP contribution in [0.3, 0.4) is 0 Å². The lowest BCUT2D eigenvalue weighted by Gasteiger charge is -2.20. The zero-order chi connectivity index (χ0) is 22.8. The van der Waals surface area contributed by atoms with Crippen molar-refractivity contribution in [3.63, 3.8) is 0 Å². The van der Waals surface area contributed by atoms with Crippen molar-refractivity contribution in [2.24, 2.45) is 5.73 Å². The maximum Gasteiger partial charge on any atom is 0.328 e. The number of thiol groups is 1. The Morgan fingerprint density at radius 2 is 1.70 bits per heavy atom. The highest BCUT2D eigenvalue weighted by Gasteiger charge is 2.26. The van der Waals surface area contributed by atoms with Gasteiger partial charge in [0, 0.05) is 5.75 Å². The summed E-state index contributed by atoms with van der Waals surface area (Å²) in [7, 11) is 0. The van der Waals surface area contributed by atoms with Crippen molar-refractivity contribution in [2.45, 2.75) is 37.6 Å². The topological polar surface area (TPSA) is 191 Å². The van der Waals surface area contributed by atoms with Gasteiger partial charge in [0.15, 0.2) is 6.04 Å². The van der Waals surface area contributed by atoms with Crippen LogP contribution < -0.4 is 21.7 Å². The summed E-state index contributed by atoms with van der Waals surface area (Å²) in [4.78, 5) is 47.2. The van der Waals surface area contributed by atoms with Crippen LogP contribution in [0.1, 0.15) is 12.5 Å². The average Bonchev–Trinajstić information content (AvgIpc) is 2.69. The highest BCUT2D eigenvalue weighted by molar-refractivity contribution is 7.80. The van der Waals surface area contributed by atoms with E-state index in [0.717, 1.165) is 0 Å². The molecule has 0 aliphatic rings. The molecule has 0 spiro atoms. The average molecular weight is 442 g/mol. The lowest BCUT2D eigenvalue weighted by atomic mass is 10.1. The number of aromatic hydroxyl groups is 1. The highest BCUT2D eigenvalue weighted by atomic mass is 32.1. The van der Waals surface area contributed by atoms with Gasteiger partial charge in [-0.05, 0) is 31.0 Å². The van der Waals surface area contributed by atoms with E-state index in [0.29, 0.717) is 5.56 Å². The number of carbonyl (C=O) groups is 4. The fourth-order valence-electron chi connectivity index (χ4n) is 2.36. The summed E-state index contributed by atoms with van der Waals surface area (Å²) < 4.78 is 0. The number of carbonyl (C=O) groups excluding carboxylic acids is 3. The van der Waals surface area contributed by atoms with Crippen molar-refractivity contribution < 1.29 is 34.5 Å². The summed E-state index contributed by atoms with van der Waals surface area (Å²) >= 11 is 4.01. The molecule has 3 amide bonds. The molecular weight excluding hydrogens is 416 g/mol. The first-order valence-corrected chi connectivity index (χ1v) is 9.61. The van der Waals surface area contributed by atoms with Gasteiger partial charge < -0.3 is 37.0 Å². The van der Waals surface area contributed by atoms with Crippen LogP contribution in [0.4, 0.5) is 0 Å². The number of carboxylic acids is 1. The van der Waals surface area contributed by atoms with Gasteiger partial charge in [-0.1, -0.05) is 12.1 Å². The molecule has 11 nitrogen and oxygen atoms in total. The molecule has 166 valence electrons. The van der Waals surface area contributed by atoms with E-state index in [1.165, 1.54) is 19.1 Å². The maximum atomic E-state index is 12.2. The molecule has 12 heteroatoms. The van der Waals surface area contributed by atoms with Gasteiger partial charge in [0.1, 0.15) is 11.8 Å². The molecule has 1 aromatic carbocycles. The van der Waals surface area contributed by atoms with Gasteiger partial charge in [0.25, 0.3) is 0 Å². The number of amides is 3. The standard InChI is InChI=1S/C18H26N4O7S/c1-9(23)15(18(28)29)22-14(25)7-20-17(27)13(8-30)21-16(26)12(19)6-10-2-4-11(24)5-3-10/h2-5,9,12-13,15,23-24,30H,6-8,19H2,1H3,(H,20,27)(H,21,26)(H,22,25)(H,28,29). The SMILES string of the molecule is CC(O)C(NC(=O)CNC(=O)C(CS)NC(=O)C(N)Cc1ccc(O)cc1)C(=O)O. The Hall–Kier alpha value is -2.83. The smallest absolute Gasteiger partial charge is 0.328 e. The Balaban J connectivity index is 2.55. The fraction of sp³-hybridized carbons (Fsp3) is 0.444. The summed E-state index contributed by atoms with van der Waals surface area (Å²) in [6.07, 6.45) is -1.16. The monoisotopic (exact) mass is 442 g/mol. The van der Waals surface area contributed by atoms with Crippen LogP contribution in [0.2, 0.25) is 0 Å². The Kier molecular flexibility index (Phi) is 10.1. The van der Waals surface area contributed by atoms with E-state index in [2.05, 4.69) is 28.6 Å². The van der Waals surface area contributed by atoms with Gasteiger partial charge in [-0.25, -0.2) is 4.79 Å². The molecule has 30 heavy (non-hydrogen) atoms. The molecule has 0 aromatic heterocycles. The van der Waals surface area contributed by atoms with Crippen molar-refractivity contribution in [1.29, 1.82) is 0 Å². The van der Waals surface area contributed by atoms with E-state index in [-0.39, 0.29) is 17.9 Å². The number of aliphatic hydroxyl groups is 1. The van der Waals surface area contributed by atoms with Gasteiger partial charge in [0.05, 0.1) is 18.7 Å². The molecule has 4 atom stereocenters. The van der Waals surface area contributed by atoms with Crippen molar-refractivity contribution in [2.75, 3.05) is 12.3 Å². The molecule has 4 unspecified atom stereocenters. The van der Waals surface area contributed by atoms with E-state index in [4.69, 9.17) is 10.8 Å². The van der Waals surface area contributed by atoms with Crippen LogP contribution in [-0.4, -0.2) is 75.5 Å².